The number of nitrogens with one attached hydrogen (secondary N) is 1. The Morgan fingerprint density at radius 1 is 1.14 bits per heavy atom. The second-order valence-electron chi connectivity index (χ2n) is 6.05. The van der Waals surface area contributed by atoms with Crippen LogP contribution in [0.15, 0.2) is 30.5 Å². The van der Waals surface area contributed by atoms with E-state index < -0.39 is 0 Å². The van der Waals surface area contributed by atoms with Crippen molar-refractivity contribution >= 4 is 16.6 Å². The molecule has 2 rings (SSSR count). The van der Waals surface area contributed by atoms with Crippen molar-refractivity contribution in [2.75, 3.05) is 39.0 Å². The number of hydrogen-bond donors (Lipinski definition) is 2. The van der Waals surface area contributed by atoms with E-state index in [4.69, 9.17) is 5.73 Å². The number of unbranched alkanes of at least 4 members (excludes halogenated alkanes) is 2. The molecular formula is C18H30N4. The predicted molar refractivity (Wildman–Crippen MR) is 96.2 cm³/mol. The summed E-state index contributed by atoms with van der Waals surface area (Å²) >= 11 is 0. The third-order valence-electron chi connectivity index (χ3n) is 4.19. The van der Waals surface area contributed by atoms with E-state index in [1.54, 1.807) is 0 Å². The van der Waals surface area contributed by atoms with E-state index in [-0.39, 0.29) is 0 Å². The number of fused-ring (bicyclic) bond motifs is 1. The van der Waals surface area contributed by atoms with E-state index in [0.717, 1.165) is 37.3 Å². The van der Waals surface area contributed by atoms with Gasteiger partial charge in [0.25, 0.3) is 0 Å². The highest BCUT2D eigenvalue weighted by atomic mass is 15.1. The Balaban J connectivity index is 1.67. The lowest BCUT2D eigenvalue weighted by molar-refractivity contribution is 0.322. The number of anilines is 1. The normalized spacial score (nSPS) is 11.6. The Hall–Kier alpha value is -1.52. The SMILES string of the molecule is CCCCCN(C)CCNCCn1ccc2c(N)cccc21. The molecular weight excluding hydrogens is 272 g/mol. The van der Waals surface area contributed by atoms with Crippen molar-refractivity contribution in [3.8, 4) is 0 Å². The molecule has 22 heavy (non-hydrogen) atoms. The molecule has 122 valence electrons. The smallest absolute Gasteiger partial charge is 0.0501 e. The number of nitrogens with two attached hydrogens (primary N) is 1. The molecule has 1 aromatic carbocycles. The summed E-state index contributed by atoms with van der Waals surface area (Å²) in [5, 5.41) is 4.68. The highest BCUT2D eigenvalue weighted by molar-refractivity contribution is 5.91. The van der Waals surface area contributed by atoms with E-state index in [0.29, 0.717) is 0 Å². The number of rotatable bonds is 10. The molecule has 0 atom stereocenters. The second-order valence-corrected chi connectivity index (χ2v) is 6.05. The fraction of sp³-hybridized carbons (Fsp3) is 0.556. The Bertz CT molecular complexity index is 561. The van der Waals surface area contributed by atoms with Crippen molar-refractivity contribution in [1.29, 1.82) is 0 Å². The van der Waals surface area contributed by atoms with E-state index in [9.17, 15) is 0 Å². The van der Waals surface area contributed by atoms with Crippen molar-refractivity contribution in [2.45, 2.75) is 32.7 Å². The number of benzene rings is 1. The predicted octanol–water partition coefficient (Wildman–Crippen LogP) is 2.94. The van der Waals surface area contributed by atoms with Crippen LogP contribution in [0, 0.1) is 0 Å². The summed E-state index contributed by atoms with van der Waals surface area (Å²) in [5.41, 5.74) is 8.07. The molecule has 0 aliphatic rings. The van der Waals surface area contributed by atoms with E-state index in [1.807, 2.05) is 12.1 Å². The first-order valence-electron chi connectivity index (χ1n) is 8.45. The van der Waals surface area contributed by atoms with Crippen LogP contribution in [0.1, 0.15) is 26.2 Å². The lowest BCUT2D eigenvalue weighted by Gasteiger charge is -2.16. The van der Waals surface area contributed by atoms with Crippen LogP contribution in [0.4, 0.5) is 5.69 Å². The van der Waals surface area contributed by atoms with Crippen LogP contribution in [0.2, 0.25) is 0 Å². The average molecular weight is 302 g/mol. The van der Waals surface area contributed by atoms with Gasteiger partial charge in [0.2, 0.25) is 0 Å². The van der Waals surface area contributed by atoms with Gasteiger partial charge in [-0.25, -0.2) is 0 Å². The van der Waals surface area contributed by atoms with Gasteiger partial charge in [0.1, 0.15) is 0 Å². The van der Waals surface area contributed by atoms with Crippen LogP contribution in [-0.4, -0.2) is 42.7 Å². The third-order valence-corrected chi connectivity index (χ3v) is 4.19. The second kappa shape index (κ2) is 8.81. The van der Waals surface area contributed by atoms with Crippen LogP contribution < -0.4 is 11.1 Å². The molecule has 1 heterocycles. The van der Waals surface area contributed by atoms with Crippen molar-refractivity contribution in [3.63, 3.8) is 0 Å². The van der Waals surface area contributed by atoms with Gasteiger partial charge in [0.05, 0.1) is 5.52 Å². The van der Waals surface area contributed by atoms with Crippen molar-refractivity contribution in [3.05, 3.63) is 30.5 Å². The monoisotopic (exact) mass is 302 g/mol. The molecule has 2 aromatic rings. The van der Waals surface area contributed by atoms with Crippen LogP contribution in [0.3, 0.4) is 0 Å². The summed E-state index contributed by atoms with van der Waals surface area (Å²) in [6.45, 7) is 7.58. The molecule has 0 bridgehead atoms. The molecule has 0 aliphatic carbocycles. The van der Waals surface area contributed by atoms with Gasteiger partial charge in [-0.3, -0.25) is 0 Å². The molecule has 3 N–H and O–H groups in total. The van der Waals surface area contributed by atoms with Crippen LogP contribution in [0.5, 0.6) is 0 Å². The minimum absolute atomic E-state index is 0.859. The van der Waals surface area contributed by atoms with Gasteiger partial charge in [0.15, 0.2) is 0 Å². The van der Waals surface area contributed by atoms with Crippen LogP contribution in [-0.2, 0) is 6.54 Å². The van der Waals surface area contributed by atoms with Crippen molar-refractivity contribution < 1.29 is 0 Å². The Kier molecular flexibility index (Phi) is 6.74. The fourth-order valence-corrected chi connectivity index (χ4v) is 2.78. The number of nitrogen functional groups attached to an aromatic ring is 1. The zero-order chi connectivity index (χ0) is 15.8. The highest BCUT2D eigenvalue weighted by Gasteiger charge is 2.03. The molecule has 1 aromatic heterocycles. The van der Waals surface area contributed by atoms with E-state index >= 15 is 0 Å². The molecule has 0 saturated carbocycles. The Morgan fingerprint density at radius 3 is 2.82 bits per heavy atom. The minimum atomic E-state index is 0.859. The topological polar surface area (TPSA) is 46.2 Å². The largest absolute Gasteiger partial charge is 0.398 e. The first-order valence-corrected chi connectivity index (χ1v) is 8.45. The number of aromatic nitrogens is 1. The number of hydrogen-bond acceptors (Lipinski definition) is 3. The van der Waals surface area contributed by atoms with Crippen molar-refractivity contribution in [2.24, 2.45) is 0 Å². The maximum atomic E-state index is 5.99. The van der Waals surface area contributed by atoms with Gasteiger partial charge >= 0.3 is 0 Å². The van der Waals surface area contributed by atoms with Gasteiger partial charge in [0, 0.05) is 43.4 Å². The molecule has 0 saturated heterocycles. The summed E-state index contributed by atoms with van der Waals surface area (Å²) in [7, 11) is 2.21. The van der Waals surface area contributed by atoms with Crippen LogP contribution in [0.25, 0.3) is 10.9 Å². The minimum Gasteiger partial charge on any atom is -0.398 e. The first kappa shape index (κ1) is 16.8. The molecule has 0 spiro atoms. The summed E-state index contributed by atoms with van der Waals surface area (Å²) in [6.07, 6.45) is 6.06. The van der Waals surface area contributed by atoms with Crippen LogP contribution >= 0.6 is 0 Å². The van der Waals surface area contributed by atoms with E-state index in [1.165, 1.54) is 31.3 Å². The number of likely N-dealkylation sites (N-methyl/N-ethyl adjacent to an activating group) is 1. The van der Waals surface area contributed by atoms with Gasteiger partial charge in [-0.15, -0.1) is 0 Å². The number of nitrogens with zero attached hydrogens (tertiary/aromatic N) is 2. The third kappa shape index (κ3) is 4.75. The molecule has 0 fully saturated rings. The summed E-state index contributed by atoms with van der Waals surface area (Å²) in [5.74, 6) is 0. The van der Waals surface area contributed by atoms with E-state index in [2.05, 4.69) is 47.1 Å². The fourth-order valence-electron chi connectivity index (χ4n) is 2.78. The zero-order valence-electron chi connectivity index (χ0n) is 14.0. The maximum Gasteiger partial charge on any atom is 0.0501 e. The lowest BCUT2D eigenvalue weighted by atomic mass is 10.2. The first-order chi connectivity index (χ1) is 10.7. The Morgan fingerprint density at radius 2 is 2.00 bits per heavy atom. The molecule has 0 aliphatic heterocycles. The standard InChI is InChI=1S/C18H30N4/c1-3-4-5-12-21(2)14-10-20-11-15-22-13-9-16-17(19)7-6-8-18(16)22/h6-9,13,20H,3-5,10-12,14-15,19H2,1-2H3. The zero-order valence-corrected chi connectivity index (χ0v) is 14.0. The summed E-state index contributed by atoms with van der Waals surface area (Å²) in [6, 6.07) is 8.21. The van der Waals surface area contributed by atoms with Gasteiger partial charge in [-0.05, 0) is 38.2 Å². The summed E-state index contributed by atoms with van der Waals surface area (Å²) in [4.78, 5) is 2.41. The van der Waals surface area contributed by atoms with Gasteiger partial charge in [-0.2, -0.15) is 0 Å². The molecule has 0 unspecified atom stereocenters. The highest BCUT2D eigenvalue weighted by Crippen LogP contribution is 2.21. The average Bonchev–Trinajstić information content (AvgIpc) is 2.92. The quantitative estimate of drug-likeness (QED) is 0.524. The molecule has 0 amide bonds. The maximum absolute atomic E-state index is 5.99. The van der Waals surface area contributed by atoms with Gasteiger partial charge < -0.3 is 20.5 Å². The van der Waals surface area contributed by atoms with Crippen molar-refractivity contribution in [1.82, 2.24) is 14.8 Å². The molecule has 4 heteroatoms. The Labute approximate surface area is 134 Å². The lowest BCUT2D eigenvalue weighted by Crippen LogP contribution is -2.31. The molecule has 4 nitrogen and oxygen atoms in total. The molecule has 0 radical (unpaired) electrons. The van der Waals surface area contributed by atoms with Gasteiger partial charge in [-0.1, -0.05) is 25.8 Å². The summed E-state index contributed by atoms with van der Waals surface area (Å²) < 4.78 is 2.27.